The zero-order valence-corrected chi connectivity index (χ0v) is 10.6. The number of benzene rings is 1. The lowest BCUT2D eigenvalue weighted by molar-refractivity contribution is -0.154. The van der Waals surface area contributed by atoms with E-state index in [0.717, 1.165) is 5.75 Å². The van der Waals surface area contributed by atoms with Gasteiger partial charge in [-0.2, -0.15) is 0 Å². The van der Waals surface area contributed by atoms with Crippen LogP contribution in [0.4, 0.5) is 0 Å². The minimum atomic E-state index is -0.620. The highest BCUT2D eigenvalue weighted by Crippen LogP contribution is 2.18. The van der Waals surface area contributed by atoms with Crippen LogP contribution in [0.3, 0.4) is 0 Å². The minimum absolute atomic E-state index is 0.135. The van der Waals surface area contributed by atoms with Crippen molar-refractivity contribution in [3.63, 3.8) is 0 Å². The van der Waals surface area contributed by atoms with Crippen LogP contribution in [0.1, 0.15) is 20.8 Å². The van der Waals surface area contributed by atoms with E-state index in [0.29, 0.717) is 5.75 Å². The molecule has 17 heavy (non-hydrogen) atoms. The molecule has 0 aliphatic rings. The lowest BCUT2D eigenvalue weighted by Crippen LogP contribution is -2.28. The molecule has 0 aliphatic carbocycles. The first-order valence-electron chi connectivity index (χ1n) is 5.54. The molecule has 1 aromatic rings. The number of carbonyl (C=O) groups is 1. The fourth-order valence-corrected chi connectivity index (χ4v) is 1.23. The first kappa shape index (κ1) is 13.4. The molecule has 0 radical (unpaired) electrons. The third-order valence-electron chi connectivity index (χ3n) is 2.06. The number of methoxy groups -OCH3 is 1. The van der Waals surface area contributed by atoms with Gasteiger partial charge in [0.25, 0.3) is 0 Å². The molecule has 0 aliphatic heterocycles. The van der Waals surface area contributed by atoms with E-state index in [9.17, 15) is 4.79 Å². The molecule has 0 amide bonds. The summed E-state index contributed by atoms with van der Waals surface area (Å²) in [5.74, 6) is 0.990. The molecule has 0 spiro atoms. The highest BCUT2D eigenvalue weighted by molar-refractivity contribution is 5.74. The van der Waals surface area contributed by atoms with Gasteiger partial charge in [0.05, 0.1) is 13.2 Å². The van der Waals surface area contributed by atoms with Gasteiger partial charge in [-0.1, -0.05) is 0 Å². The fourth-order valence-electron chi connectivity index (χ4n) is 1.23. The Morgan fingerprint density at radius 1 is 1.06 bits per heavy atom. The van der Waals surface area contributed by atoms with Crippen molar-refractivity contribution in [1.82, 2.24) is 0 Å². The van der Waals surface area contributed by atoms with Crippen molar-refractivity contribution in [2.45, 2.75) is 33.0 Å². The topological polar surface area (TPSA) is 44.8 Å². The van der Waals surface area contributed by atoms with Crippen molar-refractivity contribution in [2.24, 2.45) is 0 Å². The Kier molecular flexibility index (Phi) is 4.82. The van der Waals surface area contributed by atoms with E-state index in [2.05, 4.69) is 0 Å². The van der Waals surface area contributed by atoms with Crippen LogP contribution >= 0.6 is 0 Å². The van der Waals surface area contributed by atoms with E-state index in [1.165, 1.54) is 0 Å². The lowest BCUT2D eigenvalue weighted by Gasteiger charge is -2.15. The number of hydrogen-bond acceptors (Lipinski definition) is 4. The summed E-state index contributed by atoms with van der Waals surface area (Å²) in [4.78, 5) is 11.5. The molecule has 4 heteroatoms. The van der Waals surface area contributed by atoms with Crippen LogP contribution < -0.4 is 9.47 Å². The van der Waals surface area contributed by atoms with Crippen molar-refractivity contribution in [3.05, 3.63) is 24.3 Å². The molecule has 1 unspecified atom stereocenters. The average molecular weight is 238 g/mol. The number of hydrogen-bond donors (Lipinski definition) is 0. The van der Waals surface area contributed by atoms with E-state index in [4.69, 9.17) is 14.2 Å². The second kappa shape index (κ2) is 6.13. The number of carbonyl (C=O) groups excluding carboxylic acids is 1. The van der Waals surface area contributed by atoms with Crippen molar-refractivity contribution in [3.8, 4) is 11.5 Å². The Morgan fingerprint density at radius 3 is 2.06 bits per heavy atom. The number of rotatable bonds is 5. The Morgan fingerprint density at radius 2 is 1.59 bits per heavy atom. The van der Waals surface area contributed by atoms with E-state index < -0.39 is 6.10 Å². The third-order valence-corrected chi connectivity index (χ3v) is 2.06. The summed E-state index contributed by atoms with van der Waals surface area (Å²) in [6.07, 6.45) is -0.754. The summed E-state index contributed by atoms with van der Waals surface area (Å²) in [6.45, 7) is 5.27. The molecule has 94 valence electrons. The van der Waals surface area contributed by atoms with Crippen LogP contribution in [0, 0.1) is 0 Å². The van der Waals surface area contributed by atoms with Crippen LogP contribution in [0.25, 0.3) is 0 Å². The van der Waals surface area contributed by atoms with E-state index >= 15 is 0 Å². The first-order chi connectivity index (χ1) is 8.02. The Balaban J connectivity index is 2.55. The summed E-state index contributed by atoms with van der Waals surface area (Å²) in [6, 6.07) is 7.04. The summed E-state index contributed by atoms with van der Waals surface area (Å²) in [7, 11) is 1.60. The molecular formula is C13H18O4. The van der Waals surface area contributed by atoms with Crippen LogP contribution in [-0.4, -0.2) is 25.3 Å². The van der Waals surface area contributed by atoms with Crippen molar-refractivity contribution < 1.29 is 19.0 Å². The van der Waals surface area contributed by atoms with Crippen LogP contribution in [0.5, 0.6) is 11.5 Å². The van der Waals surface area contributed by atoms with Gasteiger partial charge in [0.15, 0.2) is 6.10 Å². The SMILES string of the molecule is COc1ccc(OC(C)C(=O)OC(C)C)cc1. The second-order valence-electron chi connectivity index (χ2n) is 3.92. The van der Waals surface area contributed by atoms with Gasteiger partial charge in [0.2, 0.25) is 0 Å². The van der Waals surface area contributed by atoms with Gasteiger partial charge in [-0.3, -0.25) is 0 Å². The van der Waals surface area contributed by atoms with Gasteiger partial charge in [-0.25, -0.2) is 4.79 Å². The largest absolute Gasteiger partial charge is 0.497 e. The molecule has 0 heterocycles. The lowest BCUT2D eigenvalue weighted by atomic mass is 10.3. The predicted octanol–water partition coefficient (Wildman–Crippen LogP) is 2.41. The fraction of sp³-hybridized carbons (Fsp3) is 0.462. The van der Waals surface area contributed by atoms with E-state index in [1.807, 2.05) is 0 Å². The van der Waals surface area contributed by atoms with Gasteiger partial charge in [0, 0.05) is 0 Å². The molecule has 0 saturated heterocycles. The predicted molar refractivity (Wildman–Crippen MR) is 64.3 cm³/mol. The van der Waals surface area contributed by atoms with Gasteiger partial charge >= 0.3 is 5.97 Å². The standard InChI is InChI=1S/C13H18O4/c1-9(2)16-13(14)10(3)17-12-7-5-11(15-4)6-8-12/h5-10H,1-4H3. The molecule has 4 nitrogen and oxygen atoms in total. The van der Waals surface area contributed by atoms with Crippen LogP contribution in [0.2, 0.25) is 0 Å². The molecule has 1 atom stereocenters. The van der Waals surface area contributed by atoms with Crippen molar-refractivity contribution >= 4 is 5.97 Å². The summed E-state index contributed by atoms with van der Waals surface area (Å²) in [5, 5.41) is 0. The monoisotopic (exact) mass is 238 g/mol. The van der Waals surface area contributed by atoms with E-state index in [1.54, 1.807) is 52.1 Å². The van der Waals surface area contributed by atoms with E-state index in [-0.39, 0.29) is 12.1 Å². The molecule has 0 N–H and O–H groups in total. The van der Waals surface area contributed by atoms with Crippen molar-refractivity contribution in [2.75, 3.05) is 7.11 Å². The Labute approximate surface area is 101 Å². The molecule has 1 rings (SSSR count). The molecule has 0 fully saturated rings. The molecule has 0 bridgehead atoms. The van der Waals surface area contributed by atoms with Gasteiger partial charge in [-0.15, -0.1) is 0 Å². The minimum Gasteiger partial charge on any atom is -0.497 e. The summed E-state index contributed by atoms with van der Waals surface area (Å²) in [5.41, 5.74) is 0. The molecular weight excluding hydrogens is 220 g/mol. The van der Waals surface area contributed by atoms with Crippen LogP contribution in [-0.2, 0) is 9.53 Å². The van der Waals surface area contributed by atoms with Gasteiger partial charge in [0.1, 0.15) is 11.5 Å². The molecule has 0 saturated carbocycles. The summed E-state index contributed by atoms with van der Waals surface area (Å²) >= 11 is 0. The third kappa shape index (κ3) is 4.34. The Bertz CT molecular complexity index is 356. The van der Waals surface area contributed by atoms with Crippen LogP contribution in [0.15, 0.2) is 24.3 Å². The summed E-state index contributed by atoms with van der Waals surface area (Å²) < 4.78 is 15.5. The first-order valence-corrected chi connectivity index (χ1v) is 5.54. The number of ether oxygens (including phenoxy) is 3. The molecule has 1 aromatic carbocycles. The quantitative estimate of drug-likeness (QED) is 0.739. The zero-order chi connectivity index (χ0) is 12.8. The van der Waals surface area contributed by atoms with Gasteiger partial charge in [-0.05, 0) is 45.0 Å². The maximum atomic E-state index is 11.5. The number of esters is 1. The highest BCUT2D eigenvalue weighted by Gasteiger charge is 2.17. The maximum absolute atomic E-state index is 11.5. The second-order valence-corrected chi connectivity index (χ2v) is 3.92. The van der Waals surface area contributed by atoms with Crippen molar-refractivity contribution in [1.29, 1.82) is 0 Å². The average Bonchev–Trinajstić information content (AvgIpc) is 2.29. The molecule has 0 aromatic heterocycles. The smallest absolute Gasteiger partial charge is 0.347 e. The Hall–Kier alpha value is -1.71. The normalized spacial score (nSPS) is 12.1. The highest BCUT2D eigenvalue weighted by atomic mass is 16.6. The maximum Gasteiger partial charge on any atom is 0.347 e. The van der Waals surface area contributed by atoms with Gasteiger partial charge < -0.3 is 14.2 Å². The zero-order valence-electron chi connectivity index (χ0n) is 10.6.